The monoisotopic (exact) mass is 454 g/mol. The zero-order valence-corrected chi connectivity index (χ0v) is 18.7. The average molecular weight is 455 g/mol. The largest absolute Gasteiger partial charge is 0.462 e. The van der Waals surface area contributed by atoms with E-state index in [1.54, 1.807) is 20.8 Å². The number of rotatable bonds is 8. The molecule has 0 spiro atoms. The summed E-state index contributed by atoms with van der Waals surface area (Å²) in [6, 6.07) is 9.30. The van der Waals surface area contributed by atoms with E-state index in [9.17, 15) is 14.4 Å². The van der Waals surface area contributed by atoms with Crippen molar-refractivity contribution in [3.05, 3.63) is 70.2 Å². The lowest BCUT2D eigenvalue weighted by molar-refractivity contribution is -0.121. The molecule has 9 nitrogen and oxygen atoms in total. The van der Waals surface area contributed by atoms with Gasteiger partial charge in [0.1, 0.15) is 4.88 Å². The lowest BCUT2D eigenvalue weighted by Gasteiger charge is -2.20. The maximum Gasteiger partial charge on any atom is 0.359 e. The smallest absolute Gasteiger partial charge is 0.359 e. The van der Waals surface area contributed by atoms with Crippen LogP contribution in [0.5, 0.6) is 0 Å². The van der Waals surface area contributed by atoms with E-state index >= 15 is 0 Å². The van der Waals surface area contributed by atoms with Crippen LogP contribution < -0.4 is 4.90 Å². The molecule has 3 rings (SSSR count). The Labute approximate surface area is 189 Å². The van der Waals surface area contributed by atoms with Gasteiger partial charge in [0.25, 0.3) is 5.91 Å². The van der Waals surface area contributed by atoms with E-state index in [1.165, 1.54) is 17.3 Å². The Kier molecular flexibility index (Phi) is 7.61. The number of benzene rings is 1. The summed E-state index contributed by atoms with van der Waals surface area (Å²) in [6.45, 7) is 5.04. The number of hydrogen-bond donors (Lipinski definition) is 0. The van der Waals surface area contributed by atoms with Gasteiger partial charge in [0, 0.05) is 6.20 Å². The molecular weight excluding hydrogens is 432 g/mol. The highest BCUT2D eigenvalue weighted by atomic mass is 32.1. The van der Waals surface area contributed by atoms with Crippen LogP contribution >= 0.6 is 11.3 Å². The molecule has 0 aliphatic heterocycles. The molecule has 1 amide bonds. The number of esters is 2. The molecule has 0 atom stereocenters. The molecular formula is C22H22N4O5S. The normalized spacial score (nSPS) is 10.5. The van der Waals surface area contributed by atoms with Gasteiger partial charge >= 0.3 is 11.9 Å². The molecule has 0 saturated carbocycles. The highest BCUT2D eigenvalue weighted by Gasteiger charge is 2.25. The second-order valence-corrected chi connectivity index (χ2v) is 7.69. The SMILES string of the molecule is CCOC(=O)c1sc(N(Cc2ccccc2)C(=O)COC(=O)c2cnc(C)cn2)nc1C. The van der Waals surface area contributed by atoms with Crippen LogP contribution in [-0.4, -0.2) is 46.0 Å². The van der Waals surface area contributed by atoms with Gasteiger partial charge in [0.15, 0.2) is 17.4 Å². The molecule has 0 saturated heterocycles. The van der Waals surface area contributed by atoms with Crippen molar-refractivity contribution < 1.29 is 23.9 Å². The highest BCUT2D eigenvalue weighted by Crippen LogP contribution is 2.28. The van der Waals surface area contributed by atoms with Crippen LogP contribution in [0.1, 0.15) is 44.0 Å². The van der Waals surface area contributed by atoms with Crippen LogP contribution in [-0.2, 0) is 20.8 Å². The number of aromatic nitrogens is 3. The molecule has 0 aliphatic rings. The molecule has 0 aliphatic carbocycles. The molecule has 0 N–H and O–H groups in total. The van der Waals surface area contributed by atoms with E-state index in [2.05, 4.69) is 15.0 Å². The van der Waals surface area contributed by atoms with Gasteiger partial charge in [-0.1, -0.05) is 41.7 Å². The molecule has 0 fully saturated rings. The van der Waals surface area contributed by atoms with Gasteiger partial charge in [-0.25, -0.2) is 19.6 Å². The maximum atomic E-state index is 13.0. The summed E-state index contributed by atoms with van der Waals surface area (Å²) in [6.07, 6.45) is 2.73. The predicted molar refractivity (Wildman–Crippen MR) is 117 cm³/mol. The summed E-state index contributed by atoms with van der Waals surface area (Å²) in [5.41, 5.74) is 1.97. The maximum absolute atomic E-state index is 13.0. The van der Waals surface area contributed by atoms with Crippen LogP contribution in [0.3, 0.4) is 0 Å². The Morgan fingerprint density at radius 2 is 1.75 bits per heavy atom. The Morgan fingerprint density at radius 1 is 1.00 bits per heavy atom. The quantitative estimate of drug-likeness (QED) is 0.477. The van der Waals surface area contributed by atoms with Crippen molar-refractivity contribution in [3.8, 4) is 0 Å². The molecule has 1 aromatic carbocycles. The first-order valence-electron chi connectivity index (χ1n) is 9.83. The second kappa shape index (κ2) is 10.6. The van der Waals surface area contributed by atoms with E-state index in [0.29, 0.717) is 21.4 Å². The van der Waals surface area contributed by atoms with Crippen molar-refractivity contribution in [2.75, 3.05) is 18.1 Å². The van der Waals surface area contributed by atoms with Crippen molar-refractivity contribution in [2.45, 2.75) is 27.3 Å². The molecule has 10 heteroatoms. The van der Waals surface area contributed by atoms with Crippen LogP contribution in [0.25, 0.3) is 0 Å². The van der Waals surface area contributed by atoms with E-state index in [4.69, 9.17) is 9.47 Å². The lowest BCUT2D eigenvalue weighted by Crippen LogP contribution is -2.34. The number of nitrogens with zero attached hydrogens (tertiary/aromatic N) is 4. The van der Waals surface area contributed by atoms with Gasteiger partial charge in [-0.05, 0) is 26.3 Å². The molecule has 0 bridgehead atoms. The standard InChI is InChI=1S/C22H22N4O5S/c1-4-30-21(29)19-15(3)25-22(32-19)26(12-16-8-6-5-7-9-16)18(27)13-31-20(28)17-11-23-14(2)10-24-17/h5-11H,4,12-13H2,1-3H3. The van der Waals surface area contributed by atoms with Crippen molar-refractivity contribution in [1.82, 2.24) is 15.0 Å². The summed E-state index contributed by atoms with van der Waals surface area (Å²) in [5.74, 6) is -1.75. The summed E-state index contributed by atoms with van der Waals surface area (Å²) in [7, 11) is 0. The average Bonchev–Trinajstić information content (AvgIpc) is 3.18. The van der Waals surface area contributed by atoms with E-state index in [1.807, 2.05) is 30.3 Å². The van der Waals surface area contributed by atoms with Crippen molar-refractivity contribution in [3.63, 3.8) is 0 Å². The number of aryl methyl sites for hydroxylation is 2. The van der Waals surface area contributed by atoms with E-state index in [-0.39, 0.29) is 18.8 Å². The minimum Gasteiger partial charge on any atom is -0.462 e. The molecule has 32 heavy (non-hydrogen) atoms. The van der Waals surface area contributed by atoms with Crippen molar-refractivity contribution >= 4 is 34.3 Å². The second-order valence-electron chi connectivity index (χ2n) is 6.72. The summed E-state index contributed by atoms with van der Waals surface area (Å²) >= 11 is 1.05. The molecule has 2 heterocycles. The third kappa shape index (κ3) is 5.73. The summed E-state index contributed by atoms with van der Waals surface area (Å²) in [5, 5.41) is 0.311. The van der Waals surface area contributed by atoms with Gasteiger partial charge in [0.2, 0.25) is 0 Å². The lowest BCUT2D eigenvalue weighted by atomic mass is 10.2. The molecule has 2 aromatic heterocycles. The number of thiazole rings is 1. The number of carbonyl (C=O) groups is 3. The third-order valence-corrected chi connectivity index (χ3v) is 5.44. The number of ether oxygens (including phenoxy) is 2. The topological polar surface area (TPSA) is 112 Å². The zero-order valence-electron chi connectivity index (χ0n) is 17.9. The number of amides is 1. The summed E-state index contributed by atoms with van der Waals surface area (Å²) < 4.78 is 10.2. The van der Waals surface area contributed by atoms with Gasteiger partial charge in [-0.2, -0.15) is 0 Å². The Bertz CT molecular complexity index is 1100. The zero-order chi connectivity index (χ0) is 23.1. The van der Waals surface area contributed by atoms with Crippen LogP contribution in [0.15, 0.2) is 42.7 Å². The van der Waals surface area contributed by atoms with Gasteiger partial charge in [0.05, 0.1) is 30.7 Å². The van der Waals surface area contributed by atoms with Gasteiger partial charge in [-0.3, -0.25) is 14.7 Å². The molecule has 3 aromatic rings. The van der Waals surface area contributed by atoms with Gasteiger partial charge in [-0.15, -0.1) is 0 Å². The third-order valence-electron chi connectivity index (χ3n) is 4.28. The van der Waals surface area contributed by atoms with Crippen LogP contribution in [0.2, 0.25) is 0 Å². The number of anilines is 1. The van der Waals surface area contributed by atoms with E-state index in [0.717, 1.165) is 16.9 Å². The predicted octanol–water partition coefficient (Wildman–Crippen LogP) is 3.12. The van der Waals surface area contributed by atoms with Crippen LogP contribution in [0, 0.1) is 13.8 Å². The first kappa shape index (κ1) is 23.0. The van der Waals surface area contributed by atoms with Crippen molar-refractivity contribution in [1.29, 1.82) is 0 Å². The van der Waals surface area contributed by atoms with E-state index < -0.39 is 24.5 Å². The minimum absolute atomic E-state index is 0.00713. The van der Waals surface area contributed by atoms with Gasteiger partial charge < -0.3 is 9.47 Å². The van der Waals surface area contributed by atoms with Crippen LogP contribution in [0.4, 0.5) is 5.13 Å². The minimum atomic E-state index is -0.756. The first-order chi connectivity index (χ1) is 15.4. The highest BCUT2D eigenvalue weighted by molar-refractivity contribution is 7.17. The molecule has 0 radical (unpaired) electrons. The number of carbonyl (C=O) groups excluding carboxylic acids is 3. The number of hydrogen-bond acceptors (Lipinski definition) is 9. The fourth-order valence-electron chi connectivity index (χ4n) is 2.69. The summed E-state index contributed by atoms with van der Waals surface area (Å²) in [4.78, 5) is 51.5. The Balaban J connectivity index is 1.80. The fourth-order valence-corrected chi connectivity index (χ4v) is 3.67. The molecule has 0 unspecified atom stereocenters. The first-order valence-corrected chi connectivity index (χ1v) is 10.6. The van der Waals surface area contributed by atoms with Crippen molar-refractivity contribution in [2.24, 2.45) is 0 Å². The Hall–Kier alpha value is -3.66. The Morgan fingerprint density at radius 3 is 2.41 bits per heavy atom. The molecule has 166 valence electrons. The fraction of sp³-hybridized carbons (Fsp3) is 0.273.